The Bertz CT molecular complexity index is 707. The highest BCUT2D eigenvalue weighted by molar-refractivity contribution is 9.10. The average Bonchev–Trinajstić information content (AvgIpc) is 2.59. The minimum absolute atomic E-state index is 0.793. The molecule has 3 nitrogen and oxygen atoms in total. The van der Waals surface area contributed by atoms with E-state index in [0.717, 1.165) is 53.5 Å². The summed E-state index contributed by atoms with van der Waals surface area (Å²) in [4.78, 5) is 2.46. The summed E-state index contributed by atoms with van der Waals surface area (Å²) in [7, 11) is 0. The van der Waals surface area contributed by atoms with Gasteiger partial charge in [0.05, 0.1) is 5.71 Å². The summed E-state index contributed by atoms with van der Waals surface area (Å²) in [6.45, 7) is 7.01. The molecule has 0 aromatic heterocycles. The van der Waals surface area contributed by atoms with Crippen molar-refractivity contribution in [2.24, 2.45) is 5.10 Å². The molecule has 0 amide bonds. The SMILES string of the molecule is C/C(=N\N1CCN(Cc2ccc(Cl)cc2)CC1)c1cccc(Br)c1. The van der Waals surface area contributed by atoms with Gasteiger partial charge in [0.2, 0.25) is 0 Å². The van der Waals surface area contributed by atoms with Crippen molar-refractivity contribution < 1.29 is 0 Å². The molecule has 0 saturated carbocycles. The summed E-state index contributed by atoms with van der Waals surface area (Å²) in [5.41, 5.74) is 3.53. The molecular formula is C19H21BrClN3. The fraction of sp³-hybridized carbons (Fsp3) is 0.316. The van der Waals surface area contributed by atoms with Crippen molar-refractivity contribution in [2.75, 3.05) is 26.2 Å². The number of piperazine rings is 1. The van der Waals surface area contributed by atoms with E-state index >= 15 is 0 Å². The van der Waals surface area contributed by atoms with Gasteiger partial charge in [0.1, 0.15) is 0 Å². The van der Waals surface area contributed by atoms with Crippen LogP contribution in [0, 0.1) is 0 Å². The van der Waals surface area contributed by atoms with Gasteiger partial charge in [-0.3, -0.25) is 9.91 Å². The third kappa shape index (κ3) is 4.82. The fourth-order valence-corrected chi connectivity index (χ4v) is 3.35. The van der Waals surface area contributed by atoms with E-state index < -0.39 is 0 Å². The number of nitrogens with zero attached hydrogens (tertiary/aromatic N) is 3. The minimum Gasteiger partial charge on any atom is -0.295 e. The van der Waals surface area contributed by atoms with E-state index in [1.807, 2.05) is 24.3 Å². The summed E-state index contributed by atoms with van der Waals surface area (Å²) in [5, 5.41) is 7.75. The molecule has 1 heterocycles. The van der Waals surface area contributed by atoms with Crippen LogP contribution in [0.15, 0.2) is 58.1 Å². The molecule has 24 heavy (non-hydrogen) atoms. The summed E-state index contributed by atoms with van der Waals surface area (Å²) < 4.78 is 1.09. The highest BCUT2D eigenvalue weighted by atomic mass is 79.9. The third-order valence-electron chi connectivity index (χ3n) is 4.20. The van der Waals surface area contributed by atoms with Crippen molar-refractivity contribution in [3.05, 3.63) is 69.2 Å². The normalized spacial score (nSPS) is 16.5. The number of benzene rings is 2. The van der Waals surface area contributed by atoms with Crippen LogP contribution in [0.1, 0.15) is 18.1 Å². The molecule has 1 fully saturated rings. The molecule has 0 N–H and O–H groups in total. The molecule has 0 unspecified atom stereocenters. The highest BCUT2D eigenvalue weighted by Crippen LogP contribution is 2.15. The lowest BCUT2D eigenvalue weighted by molar-refractivity contribution is 0.130. The van der Waals surface area contributed by atoms with E-state index in [2.05, 4.69) is 57.0 Å². The van der Waals surface area contributed by atoms with Crippen molar-refractivity contribution in [1.29, 1.82) is 0 Å². The minimum atomic E-state index is 0.793. The largest absolute Gasteiger partial charge is 0.295 e. The Labute approximate surface area is 157 Å². The molecule has 2 aromatic carbocycles. The van der Waals surface area contributed by atoms with E-state index in [9.17, 15) is 0 Å². The molecule has 0 radical (unpaired) electrons. The molecule has 0 bridgehead atoms. The van der Waals surface area contributed by atoms with E-state index in [1.165, 1.54) is 5.56 Å². The zero-order chi connectivity index (χ0) is 16.9. The van der Waals surface area contributed by atoms with Crippen LogP contribution in [0.4, 0.5) is 0 Å². The van der Waals surface area contributed by atoms with E-state index in [0.29, 0.717) is 0 Å². The van der Waals surface area contributed by atoms with Crippen LogP contribution in [-0.4, -0.2) is 41.8 Å². The number of rotatable bonds is 4. The first-order chi connectivity index (χ1) is 11.6. The topological polar surface area (TPSA) is 18.8 Å². The van der Waals surface area contributed by atoms with Gasteiger partial charge < -0.3 is 0 Å². The lowest BCUT2D eigenvalue weighted by atomic mass is 10.1. The molecule has 0 spiro atoms. The van der Waals surface area contributed by atoms with Crippen molar-refractivity contribution >= 4 is 33.2 Å². The maximum Gasteiger partial charge on any atom is 0.0647 e. The molecule has 3 rings (SSSR count). The van der Waals surface area contributed by atoms with Crippen molar-refractivity contribution in [3.63, 3.8) is 0 Å². The Kier molecular flexibility index (Phi) is 5.93. The monoisotopic (exact) mass is 405 g/mol. The Morgan fingerprint density at radius 2 is 1.79 bits per heavy atom. The van der Waals surface area contributed by atoms with Crippen LogP contribution >= 0.6 is 27.5 Å². The Balaban J connectivity index is 1.55. The van der Waals surface area contributed by atoms with Crippen molar-refractivity contribution in [2.45, 2.75) is 13.5 Å². The predicted molar refractivity (Wildman–Crippen MR) is 105 cm³/mol. The van der Waals surface area contributed by atoms with Gasteiger partial charge in [-0.15, -0.1) is 0 Å². The standard InChI is InChI=1S/C19H21BrClN3/c1-15(17-3-2-4-18(20)13-17)22-24-11-9-23(10-12-24)14-16-5-7-19(21)8-6-16/h2-8,13H,9-12,14H2,1H3/b22-15+. The van der Waals surface area contributed by atoms with Crippen molar-refractivity contribution in [3.8, 4) is 0 Å². The van der Waals surface area contributed by atoms with Crippen LogP contribution in [-0.2, 0) is 6.54 Å². The second-order valence-electron chi connectivity index (χ2n) is 6.05. The summed E-state index contributed by atoms with van der Waals surface area (Å²) >= 11 is 9.46. The maximum atomic E-state index is 5.94. The molecule has 1 aliphatic rings. The Morgan fingerprint density at radius 3 is 2.46 bits per heavy atom. The smallest absolute Gasteiger partial charge is 0.0647 e. The van der Waals surface area contributed by atoms with Gasteiger partial charge in [-0.25, -0.2) is 0 Å². The van der Waals surface area contributed by atoms with Crippen LogP contribution in [0.5, 0.6) is 0 Å². The van der Waals surface area contributed by atoms with Gasteiger partial charge in [0, 0.05) is 42.2 Å². The Hall–Kier alpha value is -1.36. The van der Waals surface area contributed by atoms with Crippen LogP contribution < -0.4 is 0 Å². The third-order valence-corrected chi connectivity index (χ3v) is 4.95. The first-order valence-electron chi connectivity index (χ1n) is 8.13. The number of hydrazone groups is 1. The first kappa shape index (κ1) is 17.5. The molecule has 1 saturated heterocycles. The number of halogens is 2. The maximum absolute atomic E-state index is 5.94. The number of hydrogen-bond donors (Lipinski definition) is 0. The summed E-state index contributed by atoms with van der Waals surface area (Å²) in [6.07, 6.45) is 0. The summed E-state index contributed by atoms with van der Waals surface area (Å²) in [6, 6.07) is 16.4. The second-order valence-corrected chi connectivity index (χ2v) is 7.40. The van der Waals surface area contributed by atoms with Gasteiger partial charge >= 0.3 is 0 Å². The quantitative estimate of drug-likeness (QED) is 0.689. The van der Waals surface area contributed by atoms with E-state index in [1.54, 1.807) is 0 Å². The predicted octanol–water partition coefficient (Wildman–Crippen LogP) is 4.64. The lowest BCUT2D eigenvalue weighted by Crippen LogP contribution is -2.43. The molecular weight excluding hydrogens is 386 g/mol. The van der Waals surface area contributed by atoms with E-state index in [4.69, 9.17) is 16.7 Å². The van der Waals surface area contributed by atoms with Crippen LogP contribution in [0.25, 0.3) is 0 Å². The summed E-state index contributed by atoms with van der Waals surface area (Å²) in [5.74, 6) is 0. The van der Waals surface area contributed by atoms with Gasteiger partial charge in [-0.05, 0) is 42.3 Å². The zero-order valence-corrected chi connectivity index (χ0v) is 16.1. The molecule has 1 aliphatic heterocycles. The van der Waals surface area contributed by atoms with Gasteiger partial charge in [-0.1, -0.05) is 51.8 Å². The fourth-order valence-electron chi connectivity index (χ4n) is 2.83. The average molecular weight is 407 g/mol. The van der Waals surface area contributed by atoms with Gasteiger partial charge in [-0.2, -0.15) is 5.10 Å². The van der Waals surface area contributed by atoms with Gasteiger partial charge in [0.15, 0.2) is 0 Å². The molecule has 5 heteroatoms. The molecule has 0 aliphatic carbocycles. The first-order valence-corrected chi connectivity index (χ1v) is 9.30. The van der Waals surface area contributed by atoms with Crippen LogP contribution in [0.2, 0.25) is 5.02 Å². The van der Waals surface area contributed by atoms with Crippen molar-refractivity contribution in [1.82, 2.24) is 9.91 Å². The van der Waals surface area contributed by atoms with E-state index in [-0.39, 0.29) is 0 Å². The second kappa shape index (κ2) is 8.15. The lowest BCUT2D eigenvalue weighted by Gasteiger charge is -2.33. The van der Waals surface area contributed by atoms with Crippen LogP contribution in [0.3, 0.4) is 0 Å². The van der Waals surface area contributed by atoms with Gasteiger partial charge in [0.25, 0.3) is 0 Å². The highest BCUT2D eigenvalue weighted by Gasteiger charge is 2.16. The molecule has 0 atom stereocenters. The zero-order valence-electron chi connectivity index (χ0n) is 13.8. The molecule has 126 valence electrons. The Morgan fingerprint density at radius 1 is 1.08 bits per heavy atom. The molecule has 2 aromatic rings. The number of hydrogen-bond acceptors (Lipinski definition) is 3.